The minimum Gasteiger partial charge on any atom is -0.399 e. The van der Waals surface area contributed by atoms with Gasteiger partial charge < -0.3 is 5.73 Å². The third-order valence-electron chi connectivity index (χ3n) is 11.9. The van der Waals surface area contributed by atoms with Crippen LogP contribution in [0.3, 0.4) is 0 Å². The maximum absolute atomic E-state index is 6.95. The third kappa shape index (κ3) is 5.53. The van der Waals surface area contributed by atoms with E-state index < -0.39 is 0 Å². The normalized spacial score (nSPS) is 17.2. The van der Waals surface area contributed by atoms with Crippen molar-refractivity contribution in [3.8, 4) is 33.4 Å². The molecule has 54 heavy (non-hydrogen) atoms. The number of allylic oxidation sites excluding steroid dienone is 7. The number of hydrogen-bond donors (Lipinski definition) is 1. The first-order valence-corrected chi connectivity index (χ1v) is 19.5. The summed E-state index contributed by atoms with van der Waals surface area (Å²) < 4.78 is 0. The van der Waals surface area contributed by atoms with Crippen LogP contribution in [0.25, 0.3) is 39.0 Å². The van der Waals surface area contributed by atoms with Crippen LogP contribution in [0.1, 0.15) is 79.0 Å². The van der Waals surface area contributed by atoms with Gasteiger partial charge in [-0.1, -0.05) is 185 Å². The predicted octanol–water partition coefficient (Wildman–Crippen LogP) is 13.3. The number of fused-ring (bicyclic) bond motifs is 10. The molecule has 1 nitrogen and oxygen atoms in total. The molecule has 3 aliphatic carbocycles. The maximum atomic E-state index is 6.95. The predicted molar refractivity (Wildman–Crippen MR) is 228 cm³/mol. The van der Waals surface area contributed by atoms with E-state index in [4.69, 9.17) is 5.73 Å². The zero-order valence-corrected chi connectivity index (χ0v) is 31.7. The van der Waals surface area contributed by atoms with Crippen molar-refractivity contribution in [2.24, 2.45) is 17.6 Å². The van der Waals surface area contributed by atoms with Gasteiger partial charge >= 0.3 is 0 Å². The van der Waals surface area contributed by atoms with E-state index in [1.165, 1.54) is 77.9 Å². The van der Waals surface area contributed by atoms with Crippen LogP contribution in [0.5, 0.6) is 0 Å². The smallest absolute Gasteiger partial charge is 0.0725 e. The summed E-state index contributed by atoms with van der Waals surface area (Å²) in [5.74, 6) is 0.985. The van der Waals surface area contributed by atoms with Crippen molar-refractivity contribution in [3.05, 3.63) is 220 Å². The van der Waals surface area contributed by atoms with Crippen LogP contribution < -0.4 is 5.73 Å². The molecule has 6 aromatic carbocycles. The second-order valence-corrected chi connectivity index (χ2v) is 15.8. The fraction of sp³-hybridized carbons (Fsp3) is 0.170. The van der Waals surface area contributed by atoms with E-state index in [0.717, 1.165) is 17.7 Å². The Balaban J connectivity index is 1.17. The van der Waals surface area contributed by atoms with Gasteiger partial charge in [0.15, 0.2) is 0 Å². The topological polar surface area (TPSA) is 26.0 Å². The highest BCUT2D eigenvalue weighted by atomic mass is 14.6. The number of rotatable bonds is 7. The molecule has 9 rings (SSSR count). The number of nitrogens with two attached hydrogens (primary N) is 1. The van der Waals surface area contributed by atoms with Crippen LogP contribution in [-0.4, -0.2) is 0 Å². The lowest BCUT2D eigenvalue weighted by atomic mass is 9.70. The van der Waals surface area contributed by atoms with Crippen molar-refractivity contribution in [3.63, 3.8) is 0 Å². The highest BCUT2D eigenvalue weighted by molar-refractivity contribution is 5.95. The fourth-order valence-electron chi connectivity index (χ4n) is 9.28. The molecule has 0 radical (unpaired) electrons. The van der Waals surface area contributed by atoms with Crippen LogP contribution >= 0.6 is 0 Å². The fourth-order valence-corrected chi connectivity index (χ4v) is 9.28. The number of benzene rings is 6. The Morgan fingerprint density at radius 3 is 1.65 bits per heavy atom. The van der Waals surface area contributed by atoms with Crippen LogP contribution in [0.4, 0.5) is 0 Å². The van der Waals surface area contributed by atoms with Crippen LogP contribution in [0.2, 0.25) is 0 Å². The molecule has 0 saturated carbocycles. The molecule has 2 unspecified atom stereocenters. The molecule has 1 heteroatoms. The molecule has 264 valence electrons. The molecule has 0 saturated heterocycles. The Bertz CT molecular complexity index is 2460. The summed E-state index contributed by atoms with van der Waals surface area (Å²) in [4.78, 5) is 0. The summed E-state index contributed by atoms with van der Waals surface area (Å²) in [6.07, 6.45) is 12.6. The Kier molecular flexibility index (Phi) is 8.47. The first-order valence-electron chi connectivity index (χ1n) is 19.5. The van der Waals surface area contributed by atoms with Gasteiger partial charge in [0.2, 0.25) is 0 Å². The van der Waals surface area contributed by atoms with Gasteiger partial charge in [-0.3, -0.25) is 0 Å². The zero-order valence-electron chi connectivity index (χ0n) is 31.7. The van der Waals surface area contributed by atoms with Crippen molar-refractivity contribution < 1.29 is 0 Å². The lowest BCUT2D eigenvalue weighted by Crippen LogP contribution is -2.26. The van der Waals surface area contributed by atoms with E-state index >= 15 is 0 Å². The molecule has 0 amide bonds. The van der Waals surface area contributed by atoms with Crippen molar-refractivity contribution in [1.82, 2.24) is 0 Å². The van der Waals surface area contributed by atoms with Crippen LogP contribution in [0.15, 0.2) is 181 Å². The van der Waals surface area contributed by atoms with Gasteiger partial charge in [0.1, 0.15) is 0 Å². The third-order valence-corrected chi connectivity index (χ3v) is 11.9. The molecule has 0 fully saturated rings. The molecule has 3 aliphatic rings. The highest BCUT2D eigenvalue weighted by Crippen LogP contribution is 2.63. The SMILES string of the molecule is CC(=C\C(C)C)/C(N)=C/C(c1ccc(-c2ccc(C3=CCC(C)C=C3)cc2)cc1)c1ccc2c(c1)C1(c3ccccc3-c3ccccc31)c1ccccc1-2. The summed E-state index contributed by atoms with van der Waals surface area (Å²) in [5.41, 5.74) is 26.7. The van der Waals surface area contributed by atoms with E-state index in [2.05, 4.69) is 198 Å². The van der Waals surface area contributed by atoms with Crippen molar-refractivity contribution in [1.29, 1.82) is 0 Å². The van der Waals surface area contributed by atoms with Gasteiger partial charge in [0.05, 0.1) is 5.41 Å². The minimum absolute atomic E-state index is 0.0395. The second-order valence-electron chi connectivity index (χ2n) is 15.8. The van der Waals surface area contributed by atoms with Gasteiger partial charge in [-0.05, 0) is 115 Å². The Morgan fingerprint density at radius 2 is 1.11 bits per heavy atom. The average Bonchev–Trinajstić information content (AvgIpc) is 3.67. The lowest BCUT2D eigenvalue weighted by molar-refractivity contribution is 0.739. The quantitative estimate of drug-likeness (QED) is 0.165. The summed E-state index contributed by atoms with van der Waals surface area (Å²) in [7, 11) is 0. The van der Waals surface area contributed by atoms with E-state index in [1.807, 2.05) is 0 Å². The molecule has 0 bridgehead atoms. The largest absolute Gasteiger partial charge is 0.399 e. The van der Waals surface area contributed by atoms with Gasteiger partial charge in [-0.15, -0.1) is 0 Å². The molecule has 0 heterocycles. The zero-order chi connectivity index (χ0) is 37.0. The van der Waals surface area contributed by atoms with Gasteiger partial charge in [0.25, 0.3) is 0 Å². The second kappa shape index (κ2) is 13.5. The standard InChI is InChI=1S/C53H47N/c1-34(2)31-36(4)52(54)33-47(41-27-25-40(26-28-41)39-23-21-38(22-24-39)37-19-17-35(3)18-20-37)42-29-30-46-45-13-7-10-16-50(45)53(51(46)32-42)48-14-8-5-11-43(48)44-12-6-9-15-49(44)53/h5-17,19-35,47H,18,54H2,1-4H3/b36-31+,52-33-. The summed E-state index contributed by atoms with van der Waals surface area (Å²) in [6, 6.07) is 52.4. The Labute approximate surface area is 320 Å². The first-order chi connectivity index (χ1) is 26.3. The molecule has 6 aromatic rings. The molecule has 2 atom stereocenters. The lowest BCUT2D eigenvalue weighted by Gasteiger charge is -2.31. The first kappa shape index (κ1) is 33.9. The molecular formula is C53H47N. The number of hydrogen-bond acceptors (Lipinski definition) is 1. The molecule has 0 aromatic heterocycles. The van der Waals surface area contributed by atoms with Crippen molar-refractivity contribution in [2.75, 3.05) is 0 Å². The minimum atomic E-state index is -0.389. The van der Waals surface area contributed by atoms with E-state index in [1.54, 1.807) is 0 Å². The summed E-state index contributed by atoms with van der Waals surface area (Å²) in [5, 5.41) is 0. The molecule has 2 N–H and O–H groups in total. The molecular weight excluding hydrogens is 651 g/mol. The van der Waals surface area contributed by atoms with E-state index in [9.17, 15) is 0 Å². The van der Waals surface area contributed by atoms with Crippen molar-refractivity contribution >= 4 is 5.57 Å². The highest BCUT2D eigenvalue weighted by Gasteiger charge is 2.51. The summed E-state index contributed by atoms with van der Waals surface area (Å²) in [6.45, 7) is 8.81. The van der Waals surface area contributed by atoms with E-state index in [-0.39, 0.29) is 11.3 Å². The van der Waals surface area contributed by atoms with E-state index in [0.29, 0.717) is 11.8 Å². The Hall–Kier alpha value is -5.92. The summed E-state index contributed by atoms with van der Waals surface area (Å²) >= 11 is 0. The maximum Gasteiger partial charge on any atom is 0.0725 e. The van der Waals surface area contributed by atoms with Gasteiger partial charge in [0, 0.05) is 11.6 Å². The van der Waals surface area contributed by atoms with Gasteiger partial charge in [-0.2, -0.15) is 0 Å². The van der Waals surface area contributed by atoms with Crippen LogP contribution in [-0.2, 0) is 5.41 Å². The molecule has 1 spiro atoms. The van der Waals surface area contributed by atoms with Crippen molar-refractivity contribution in [2.45, 2.75) is 45.4 Å². The average molecular weight is 698 g/mol. The monoisotopic (exact) mass is 697 g/mol. The Morgan fingerprint density at radius 1 is 0.611 bits per heavy atom. The van der Waals surface area contributed by atoms with Gasteiger partial charge in [-0.25, -0.2) is 0 Å². The molecule has 0 aliphatic heterocycles. The van der Waals surface area contributed by atoms with Crippen LogP contribution in [0, 0.1) is 11.8 Å².